The van der Waals surface area contributed by atoms with Gasteiger partial charge in [-0.25, -0.2) is 14.4 Å². The molecule has 0 saturated carbocycles. The number of hydrazone groups is 1. The Kier molecular flexibility index (Phi) is 4.80. The lowest BCUT2D eigenvalue weighted by Gasteiger charge is -2.18. The van der Waals surface area contributed by atoms with Crippen molar-refractivity contribution < 1.29 is 13.5 Å². The van der Waals surface area contributed by atoms with Crippen LogP contribution in [0.2, 0.25) is 0 Å². The first-order valence-electron chi connectivity index (χ1n) is 9.47. The summed E-state index contributed by atoms with van der Waals surface area (Å²) >= 11 is 1.50. The van der Waals surface area contributed by atoms with Gasteiger partial charge in [-0.15, -0.1) is 11.3 Å². The molecule has 5 nitrogen and oxygen atoms in total. The highest BCUT2D eigenvalue weighted by molar-refractivity contribution is 7.14. The second kappa shape index (κ2) is 7.76. The fraction of sp³-hybridized carbons (Fsp3) is 0.130. The van der Waals surface area contributed by atoms with Crippen molar-refractivity contribution in [3.05, 3.63) is 89.4 Å². The summed E-state index contributed by atoms with van der Waals surface area (Å²) in [5.74, 6) is 1.38. The molecule has 0 saturated heterocycles. The van der Waals surface area contributed by atoms with Crippen LogP contribution in [0.3, 0.4) is 0 Å². The van der Waals surface area contributed by atoms with Gasteiger partial charge in [0.25, 0.3) is 0 Å². The van der Waals surface area contributed by atoms with Crippen LogP contribution in [0.15, 0.2) is 81.8 Å². The van der Waals surface area contributed by atoms with Gasteiger partial charge >= 0.3 is 0 Å². The maximum Gasteiger partial charge on any atom is 0.207 e. The SMILES string of the molecule is COc1ccc(C2=NN(c3nc(-c4ccc(F)cc4)cs3)[C@H](c3ccco3)C2)cc1. The Labute approximate surface area is 177 Å². The Balaban J connectivity index is 1.50. The minimum Gasteiger partial charge on any atom is -0.497 e. The summed E-state index contributed by atoms with van der Waals surface area (Å²) < 4.78 is 24.2. The molecule has 5 rings (SSSR count). The van der Waals surface area contributed by atoms with E-state index in [1.165, 1.54) is 23.5 Å². The molecule has 1 aliphatic rings. The molecule has 0 N–H and O–H groups in total. The first-order chi connectivity index (χ1) is 14.7. The van der Waals surface area contributed by atoms with E-state index in [0.717, 1.165) is 39.2 Å². The summed E-state index contributed by atoms with van der Waals surface area (Å²) in [7, 11) is 1.65. The first-order valence-corrected chi connectivity index (χ1v) is 10.4. The highest BCUT2D eigenvalue weighted by atomic mass is 32.1. The van der Waals surface area contributed by atoms with Crippen molar-refractivity contribution in [1.82, 2.24) is 4.98 Å². The fourth-order valence-corrected chi connectivity index (χ4v) is 4.30. The standard InChI is InChI=1S/C23H18FN3O2S/c1-28-18-10-6-15(7-11-18)19-13-21(22-3-2-12-29-22)27(26-19)23-25-20(14-30-23)16-4-8-17(24)9-5-16/h2-12,14,21H,13H2,1H3/t21-/m0/s1. The zero-order chi connectivity index (χ0) is 20.5. The van der Waals surface area contributed by atoms with Gasteiger partial charge in [-0.05, 0) is 66.2 Å². The Bertz CT molecular complexity index is 1170. The molecule has 0 bridgehead atoms. The number of thiazole rings is 1. The Morgan fingerprint density at radius 1 is 1.07 bits per heavy atom. The number of halogens is 1. The second-order valence-corrected chi connectivity index (χ2v) is 7.71. The van der Waals surface area contributed by atoms with E-state index in [9.17, 15) is 4.39 Å². The molecule has 0 amide bonds. The van der Waals surface area contributed by atoms with E-state index < -0.39 is 0 Å². The highest BCUT2D eigenvalue weighted by Crippen LogP contribution is 2.39. The summed E-state index contributed by atoms with van der Waals surface area (Å²) in [5, 5.41) is 9.52. The average molecular weight is 419 g/mol. The molecule has 1 aliphatic heterocycles. The van der Waals surface area contributed by atoms with Crippen molar-refractivity contribution in [2.45, 2.75) is 12.5 Å². The first kappa shape index (κ1) is 18.6. The molecule has 7 heteroatoms. The number of methoxy groups -OCH3 is 1. The van der Waals surface area contributed by atoms with Gasteiger partial charge in [-0.3, -0.25) is 0 Å². The van der Waals surface area contributed by atoms with E-state index in [-0.39, 0.29) is 11.9 Å². The van der Waals surface area contributed by atoms with E-state index in [1.54, 1.807) is 25.5 Å². The van der Waals surface area contributed by atoms with Gasteiger partial charge in [0, 0.05) is 17.4 Å². The molecule has 1 atom stereocenters. The van der Waals surface area contributed by atoms with Crippen LogP contribution in [0.1, 0.15) is 23.8 Å². The monoisotopic (exact) mass is 419 g/mol. The maximum atomic E-state index is 13.3. The van der Waals surface area contributed by atoms with Crippen LogP contribution in [-0.4, -0.2) is 17.8 Å². The summed E-state index contributed by atoms with van der Waals surface area (Å²) in [6, 6.07) is 18.0. The quantitative estimate of drug-likeness (QED) is 0.404. The topological polar surface area (TPSA) is 50.9 Å². The van der Waals surface area contributed by atoms with Gasteiger partial charge in [0.15, 0.2) is 0 Å². The molecular weight excluding hydrogens is 401 g/mol. The van der Waals surface area contributed by atoms with Crippen molar-refractivity contribution in [1.29, 1.82) is 0 Å². The van der Waals surface area contributed by atoms with Gasteiger partial charge in [-0.1, -0.05) is 0 Å². The van der Waals surface area contributed by atoms with Crippen molar-refractivity contribution in [3.63, 3.8) is 0 Å². The molecule has 0 unspecified atom stereocenters. The van der Waals surface area contributed by atoms with Crippen molar-refractivity contribution in [2.75, 3.05) is 12.1 Å². The lowest BCUT2D eigenvalue weighted by atomic mass is 10.0. The molecule has 4 aromatic rings. The van der Waals surface area contributed by atoms with Gasteiger partial charge in [0.1, 0.15) is 23.4 Å². The molecular formula is C23H18FN3O2S. The largest absolute Gasteiger partial charge is 0.497 e. The Morgan fingerprint density at radius 2 is 1.83 bits per heavy atom. The Morgan fingerprint density at radius 3 is 2.53 bits per heavy atom. The van der Waals surface area contributed by atoms with Gasteiger partial charge in [0.2, 0.25) is 5.13 Å². The van der Waals surface area contributed by atoms with Crippen LogP contribution in [0.5, 0.6) is 5.75 Å². The van der Waals surface area contributed by atoms with Crippen LogP contribution >= 0.6 is 11.3 Å². The number of aromatic nitrogens is 1. The van der Waals surface area contributed by atoms with E-state index in [4.69, 9.17) is 19.2 Å². The van der Waals surface area contributed by atoms with E-state index in [1.807, 2.05) is 46.8 Å². The third kappa shape index (κ3) is 3.48. The molecule has 30 heavy (non-hydrogen) atoms. The molecule has 0 fully saturated rings. The van der Waals surface area contributed by atoms with Gasteiger partial charge < -0.3 is 9.15 Å². The number of nitrogens with zero attached hydrogens (tertiary/aromatic N) is 3. The molecule has 0 aliphatic carbocycles. The summed E-state index contributed by atoms with van der Waals surface area (Å²) in [6.07, 6.45) is 2.37. The summed E-state index contributed by atoms with van der Waals surface area (Å²) in [4.78, 5) is 4.76. The summed E-state index contributed by atoms with van der Waals surface area (Å²) in [5.41, 5.74) is 3.65. The number of hydrogen-bond acceptors (Lipinski definition) is 6. The van der Waals surface area contributed by atoms with Crippen LogP contribution in [-0.2, 0) is 0 Å². The van der Waals surface area contributed by atoms with Crippen molar-refractivity contribution in [3.8, 4) is 17.0 Å². The summed E-state index contributed by atoms with van der Waals surface area (Å²) in [6.45, 7) is 0. The molecule has 150 valence electrons. The van der Waals surface area contributed by atoms with Crippen molar-refractivity contribution >= 4 is 22.2 Å². The van der Waals surface area contributed by atoms with Crippen LogP contribution in [0.25, 0.3) is 11.3 Å². The minimum atomic E-state index is -0.264. The highest BCUT2D eigenvalue weighted by Gasteiger charge is 2.33. The molecule has 2 aromatic carbocycles. The number of hydrogen-bond donors (Lipinski definition) is 0. The molecule has 0 radical (unpaired) electrons. The van der Waals surface area contributed by atoms with Gasteiger partial charge in [0.05, 0.1) is 24.8 Å². The maximum absolute atomic E-state index is 13.3. The number of benzene rings is 2. The number of ether oxygens (including phenoxy) is 1. The zero-order valence-corrected chi connectivity index (χ0v) is 17.0. The molecule has 3 heterocycles. The predicted octanol–water partition coefficient (Wildman–Crippen LogP) is 5.91. The van der Waals surface area contributed by atoms with Crippen molar-refractivity contribution in [2.24, 2.45) is 5.10 Å². The fourth-order valence-electron chi connectivity index (χ4n) is 3.47. The third-order valence-corrected chi connectivity index (χ3v) is 5.86. The van der Waals surface area contributed by atoms with Crippen LogP contribution in [0.4, 0.5) is 9.52 Å². The Hall–Kier alpha value is -3.45. The van der Waals surface area contributed by atoms with Crippen LogP contribution < -0.4 is 9.75 Å². The third-order valence-electron chi connectivity index (χ3n) is 5.03. The second-order valence-electron chi connectivity index (χ2n) is 6.88. The van der Waals surface area contributed by atoms with E-state index in [0.29, 0.717) is 6.42 Å². The number of furan rings is 1. The average Bonchev–Trinajstić information content (AvgIpc) is 3.54. The lowest BCUT2D eigenvalue weighted by molar-refractivity contribution is 0.415. The number of rotatable bonds is 5. The normalized spacial score (nSPS) is 16.0. The number of anilines is 1. The lowest BCUT2D eigenvalue weighted by Crippen LogP contribution is -2.17. The zero-order valence-electron chi connectivity index (χ0n) is 16.2. The molecule has 2 aromatic heterocycles. The van der Waals surface area contributed by atoms with E-state index >= 15 is 0 Å². The minimum absolute atomic E-state index is 0.0793. The van der Waals surface area contributed by atoms with E-state index in [2.05, 4.69) is 0 Å². The van der Waals surface area contributed by atoms with Crippen LogP contribution in [0, 0.1) is 5.82 Å². The predicted molar refractivity (Wildman–Crippen MR) is 116 cm³/mol. The molecule has 0 spiro atoms. The van der Waals surface area contributed by atoms with Gasteiger partial charge in [-0.2, -0.15) is 5.10 Å². The smallest absolute Gasteiger partial charge is 0.207 e.